The van der Waals surface area contributed by atoms with E-state index in [-0.39, 0.29) is 5.91 Å². The number of rotatable bonds is 7. The molecule has 1 aliphatic rings. The lowest BCUT2D eigenvalue weighted by Crippen LogP contribution is -2.47. The molecule has 0 spiro atoms. The second-order valence-corrected chi connectivity index (χ2v) is 5.79. The van der Waals surface area contributed by atoms with E-state index in [1.54, 1.807) is 18.2 Å². The molecule has 6 heteroatoms. The van der Waals surface area contributed by atoms with Gasteiger partial charge in [-0.1, -0.05) is 6.92 Å². The fourth-order valence-electron chi connectivity index (χ4n) is 2.84. The van der Waals surface area contributed by atoms with Gasteiger partial charge in [0.2, 0.25) is 0 Å². The van der Waals surface area contributed by atoms with Gasteiger partial charge < -0.3 is 19.5 Å². The van der Waals surface area contributed by atoms with Crippen LogP contribution in [0.25, 0.3) is 0 Å². The maximum Gasteiger partial charge on any atom is 0.326 e. The molecule has 1 saturated heterocycles. The van der Waals surface area contributed by atoms with E-state index in [0.717, 1.165) is 19.3 Å². The molecule has 1 fully saturated rings. The summed E-state index contributed by atoms with van der Waals surface area (Å²) in [6.07, 6.45) is 3.03. The Hall–Kier alpha value is -2.24. The number of carboxylic acid groups (broad SMARTS) is 1. The molecule has 0 unspecified atom stereocenters. The molecule has 1 amide bonds. The van der Waals surface area contributed by atoms with E-state index in [1.165, 1.54) is 4.90 Å². The maximum absolute atomic E-state index is 12.8. The number of carbonyl (C=O) groups excluding carboxylic acids is 1. The smallest absolute Gasteiger partial charge is 0.326 e. The highest BCUT2D eigenvalue weighted by molar-refractivity contribution is 5.97. The van der Waals surface area contributed by atoms with Gasteiger partial charge in [0.15, 0.2) is 11.5 Å². The van der Waals surface area contributed by atoms with E-state index < -0.39 is 12.0 Å². The molecular formula is C18H25NO5. The SMILES string of the molecule is CCCOc1ccc(C(=O)N2CCCC[C@@H]2C(=O)O)cc1OCC. The highest BCUT2D eigenvalue weighted by atomic mass is 16.5. The number of hydrogen-bond donors (Lipinski definition) is 1. The van der Waals surface area contributed by atoms with Gasteiger partial charge in [-0.15, -0.1) is 0 Å². The Morgan fingerprint density at radius 1 is 1.21 bits per heavy atom. The van der Waals surface area contributed by atoms with Gasteiger partial charge in [0.25, 0.3) is 5.91 Å². The molecule has 1 aliphatic heterocycles. The van der Waals surface area contributed by atoms with E-state index in [9.17, 15) is 14.7 Å². The number of carbonyl (C=O) groups is 2. The summed E-state index contributed by atoms with van der Waals surface area (Å²) >= 11 is 0. The lowest BCUT2D eigenvalue weighted by atomic mass is 10.0. The van der Waals surface area contributed by atoms with E-state index >= 15 is 0 Å². The predicted octanol–water partition coefficient (Wildman–Crippen LogP) is 2.95. The first kappa shape index (κ1) is 18.1. The zero-order valence-corrected chi connectivity index (χ0v) is 14.3. The Morgan fingerprint density at radius 3 is 2.67 bits per heavy atom. The van der Waals surface area contributed by atoms with Crippen LogP contribution >= 0.6 is 0 Å². The van der Waals surface area contributed by atoms with Crippen molar-refractivity contribution in [2.75, 3.05) is 19.8 Å². The normalized spacial score (nSPS) is 17.4. The molecule has 24 heavy (non-hydrogen) atoms. The zero-order valence-electron chi connectivity index (χ0n) is 14.3. The van der Waals surface area contributed by atoms with Crippen LogP contribution in [0.15, 0.2) is 18.2 Å². The lowest BCUT2D eigenvalue weighted by molar-refractivity contribution is -0.143. The lowest BCUT2D eigenvalue weighted by Gasteiger charge is -2.33. The number of hydrogen-bond acceptors (Lipinski definition) is 4. The van der Waals surface area contributed by atoms with Gasteiger partial charge in [0.1, 0.15) is 6.04 Å². The van der Waals surface area contributed by atoms with Crippen molar-refractivity contribution in [1.29, 1.82) is 0 Å². The largest absolute Gasteiger partial charge is 0.490 e. The molecule has 0 aromatic heterocycles. The quantitative estimate of drug-likeness (QED) is 0.829. The highest BCUT2D eigenvalue weighted by Gasteiger charge is 2.32. The summed E-state index contributed by atoms with van der Waals surface area (Å²) < 4.78 is 11.2. The first-order valence-electron chi connectivity index (χ1n) is 8.51. The van der Waals surface area contributed by atoms with E-state index in [2.05, 4.69) is 0 Å². The first-order chi connectivity index (χ1) is 11.6. The summed E-state index contributed by atoms with van der Waals surface area (Å²) in [4.78, 5) is 25.6. The van der Waals surface area contributed by atoms with Crippen molar-refractivity contribution in [1.82, 2.24) is 4.90 Å². The van der Waals surface area contributed by atoms with Crippen molar-refractivity contribution < 1.29 is 24.2 Å². The molecule has 132 valence electrons. The van der Waals surface area contributed by atoms with Crippen LogP contribution in [-0.4, -0.2) is 47.7 Å². The van der Waals surface area contributed by atoms with Crippen molar-refractivity contribution in [3.63, 3.8) is 0 Å². The summed E-state index contributed by atoms with van der Waals surface area (Å²) in [5.41, 5.74) is 0.426. The molecule has 1 atom stereocenters. The number of ether oxygens (including phenoxy) is 2. The van der Waals surface area contributed by atoms with Gasteiger partial charge in [0.05, 0.1) is 13.2 Å². The number of nitrogens with zero attached hydrogens (tertiary/aromatic N) is 1. The van der Waals surface area contributed by atoms with Gasteiger partial charge in [-0.2, -0.15) is 0 Å². The summed E-state index contributed by atoms with van der Waals surface area (Å²) in [5.74, 6) is -0.106. The molecule has 0 bridgehead atoms. The second-order valence-electron chi connectivity index (χ2n) is 5.79. The highest BCUT2D eigenvalue weighted by Crippen LogP contribution is 2.30. The third-order valence-corrected chi connectivity index (χ3v) is 4.00. The summed E-state index contributed by atoms with van der Waals surface area (Å²) in [6.45, 7) is 5.37. The van der Waals surface area contributed by atoms with Crippen LogP contribution in [0, 0.1) is 0 Å². The minimum atomic E-state index is -0.948. The number of carboxylic acids is 1. The fourth-order valence-corrected chi connectivity index (χ4v) is 2.84. The van der Waals surface area contributed by atoms with Crippen molar-refractivity contribution in [2.24, 2.45) is 0 Å². The molecule has 0 saturated carbocycles. The van der Waals surface area contributed by atoms with Gasteiger partial charge in [-0.05, 0) is 50.8 Å². The van der Waals surface area contributed by atoms with Crippen molar-refractivity contribution in [2.45, 2.75) is 45.6 Å². The molecule has 1 aromatic rings. The summed E-state index contributed by atoms with van der Waals surface area (Å²) in [5, 5.41) is 9.35. The van der Waals surface area contributed by atoms with E-state index in [0.29, 0.717) is 43.2 Å². The van der Waals surface area contributed by atoms with Crippen LogP contribution in [0.5, 0.6) is 11.5 Å². The van der Waals surface area contributed by atoms with Crippen LogP contribution in [0.1, 0.15) is 49.9 Å². The van der Waals surface area contributed by atoms with Gasteiger partial charge in [0, 0.05) is 12.1 Å². The first-order valence-corrected chi connectivity index (χ1v) is 8.51. The predicted molar refractivity (Wildman–Crippen MR) is 89.7 cm³/mol. The second kappa shape index (κ2) is 8.57. The van der Waals surface area contributed by atoms with E-state index in [1.807, 2.05) is 13.8 Å². The van der Waals surface area contributed by atoms with Crippen LogP contribution < -0.4 is 9.47 Å². The van der Waals surface area contributed by atoms with Gasteiger partial charge >= 0.3 is 5.97 Å². The Balaban J connectivity index is 2.24. The Labute approximate surface area is 142 Å². The van der Waals surface area contributed by atoms with Crippen molar-refractivity contribution in [3.05, 3.63) is 23.8 Å². The van der Waals surface area contributed by atoms with Crippen LogP contribution in [-0.2, 0) is 4.79 Å². The number of likely N-dealkylation sites (tertiary alicyclic amines) is 1. The standard InChI is InChI=1S/C18H25NO5/c1-3-11-24-15-9-8-13(12-16(15)23-4-2)17(20)19-10-6-5-7-14(19)18(21)22/h8-9,12,14H,3-7,10-11H2,1-2H3,(H,21,22)/t14-/m1/s1. The molecule has 1 aromatic carbocycles. The Morgan fingerprint density at radius 2 is 2.00 bits per heavy atom. The molecule has 0 aliphatic carbocycles. The monoisotopic (exact) mass is 335 g/mol. The molecule has 6 nitrogen and oxygen atoms in total. The summed E-state index contributed by atoms with van der Waals surface area (Å²) in [6, 6.07) is 4.28. The van der Waals surface area contributed by atoms with Crippen LogP contribution in [0.3, 0.4) is 0 Å². The summed E-state index contributed by atoms with van der Waals surface area (Å²) in [7, 11) is 0. The van der Waals surface area contributed by atoms with Crippen molar-refractivity contribution in [3.8, 4) is 11.5 Å². The fraction of sp³-hybridized carbons (Fsp3) is 0.556. The minimum Gasteiger partial charge on any atom is -0.490 e. The third-order valence-electron chi connectivity index (χ3n) is 4.00. The maximum atomic E-state index is 12.8. The number of benzene rings is 1. The van der Waals surface area contributed by atoms with Crippen LogP contribution in [0.2, 0.25) is 0 Å². The van der Waals surface area contributed by atoms with Crippen LogP contribution in [0.4, 0.5) is 0 Å². The molecular weight excluding hydrogens is 310 g/mol. The van der Waals surface area contributed by atoms with Crippen molar-refractivity contribution >= 4 is 11.9 Å². The topological polar surface area (TPSA) is 76.1 Å². The Kier molecular flexibility index (Phi) is 6.46. The van der Waals surface area contributed by atoms with E-state index in [4.69, 9.17) is 9.47 Å². The zero-order chi connectivity index (χ0) is 17.5. The minimum absolute atomic E-state index is 0.273. The molecule has 1 heterocycles. The number of amides is 1. The van der Waals surface area contributed by atoms with Gasteiger partial charge in [-0.3, -0.25) is 4.79 Å². The molecule has 1 N–H and O–H groups in total. The van der Waals surface area contributed by atoms with Gasteiger partial charge in [-0.25, -0.2) is 4.79 Å². The Bertz CT molecular complexity index is 587. The number of aliphatic carboxylic acids is 1. The molecule has 2 rings (SSSR count). The molecule has 0 radical (unpaired) electrons. The third kappa shape index (κ3) is 4.19. The average Bonchev–Trinajstić information content (AvgIpc) is 2.60. The number of piperidine rings is 1. The average molecular weight is 335 g/mol.